The van der Waals surface area contributed by atoms with Crippen LogP contribution in [0, 0.1) is 28.6 Å². The third-order valence-electron chi connectivity index (χ3n) is 8.57. The second-order valence-corrected chi connectivity index (χ2v) is 9.58. The van der Waals surface area contributed by atoms with Crippen molar-refractivity contribution in [3.63, 3.8) is 0 Å². The quantitative estimate of drug-likeness (QED) is 0.601. The third kappa shape index (κ3) is 1.99. The van der Waals surface area contributed by atoms with Crippen LogP contribution in [-0.2, 0) is 0 Å². The predicted molar refractivity (Wildman–Crippen MR) is 89.7 cm³/mol. The number of rotatable bonds is 0. The van der Waals surface area contributed by atoms with Crippen LogP contribution in [0.4, 0.5) is 0 Å². The smallest absolute Gasteiger partial charge is 0.0676 e. The minimum absolute atomic E-state index is 0.0390. The molecule has 3 heteroatoms. The van der Waals surface area contributed by atoms with Gasteiger partial charge in [0.1, 0.15) is 0 Å². The first kappa shape index (κ1) is 16.1. The van der Waals surface area contributed by atoms with Crippen LogP contribution in [0.1, 0.15) is 65.7 Å². The number of fused-ring (bicyclic) bond motifs is 5. The lowest BCUT2D eigenvalue weighted by atomic mass is 9.46. The summed E-state index contributed by atoms with van der Waals surface area (Å²) in [7, 11) is 0. The molecule has 0 aromatic carbocycles. The second-order valence-electron chi connectivity index (χ2n) is 9.58. The molecular weight excluding hydrogens is 288 g/mol. The maximum absolute atomic E-state index is 11.1. The highest BCUT2D eigenvalue weighted by Gasteiger charge is 2.64. The first-order valence-electron chi connectivity index (χ1n) is 9.47. The molecule has 3 saturated carbocycles. The molecule has 4 rings (SSSR count). The molecular formula is C20H32O3. The van der Waals surface area contributed by atoms with Gasteiger partial charge in [-0.15, -0.1) is 0 Å². The van der Waals surface area contributed by atoms with Gasteiger partial charge in [0.25, 0.3) is 0 Å². The van der Waals surface area contributed by atoms with E-state index in [0.29, 0.717) is 17.8 Å². The van der Waals surface area contributed by atoms with Crippen LogP contribution in [0.5, 0.6) is 0 Å². The van der Waals surface area contributed by atoms with Gasteiger partial charge < -0.3 is 15.3 Å². The van der Waals surface area contributed by atoms with Crippen molar-refractivity contribution in [3.8, 4) is 0 Å². The van der Waals surface area contributed by atoms with Crippen LogP contribution in [0.3, 0.4) is 0 Å². The summed E-state index contributed by atoms with van der Waals surface area (Å²) in [6, 6.07) is 0. The van der Waals surface area contributed by atoms with Gasteiger partial charge in [0.15, 0.2) is 0 Å². The Kier molecular flexibility index (Phi) is 3.38. The van der Waals surface area contributed by atoms with E-state index < -0.39 is 5.60 Å². The van der Waals surface area contributed by atoms with Crippen LogP contribution in [0.25, 0.3) is 0 Å². The molecule has 23 heavy (non-hydrogen) atoms. The summed E-state index contributed by atoms with van der Waals surface area (Å²) in [5, 5.41) is 32.1. The minimum atomic E-state index is -0.655. The average Bonchev–Trinajstić information content (AvgIpc) is 2.69. The van der Waals surface area contributed by atoms with E-state index in [1.165, 1.54) is 5.57 Å². The number of allylic oxidation sites excluding steroid dienone is 1. The van der Waals surface area contributed by atoms with E-state index in [4.69, 9.17) is 0 Å². The van der Waals surface area contributed by atoms with Gasteiger partial charge in [0.05, 0.1) is 17.8 Å². The second kappa shape index (κ2) is 4.83. The fraction of sp³-hybridized carbons (Fsp3) is 0.900. The van der Waals surface area contributed by atoms with Crippen molar-refractivity contribution in [1.29, 1.82) is 0 Å². The molecule has 0 spiro atoms. The van der Waals surface area contributed by atoms with Crippen molar-refractivity contribution < 1.29 is 15.3 Å². The molecule has 0 amide bonds. The van der Waals surface area contributed by atoms with E-state index in [1.54, 1.807) is 0 Å². The molecule has 4 aliphatic carbocycles. The summed E-state index contributed by atoms with van der Waals surface area (Å²) in [4.78, 5) is 0. The van der Waals surface area contributed by atoms with Crippen molar-refractivity contribution >= 4 is 0 Å². The Morgan fingerprint density at radius 1 is 1.09 bits per heavy atom. The fourth-order valence-electron chi connectivity index (χ4n) is 6.99. The molecule has 3 nitrogen and oxygen atoms in total. The Hall–Kier alpha value is -0.380. The maximum Gasteiger partial charge on any atom is 0.0676 e. The molecule has 3 fully saturated rings. The molecule has 0 heterocycles. The van der Waals surface area contributed by atoms with E-state index in [-0.39, 0.29) is 23.0 Å². The Labute approximate surface area is 139 Å². The summed E-state index contributed by atoms with van der Waals surface area (Å²) in [6.45, 7) is 6.50. The highest BCUT2D eigenvalue weighted by molar-refractivity contribution is 5.27. The number of aliphatic hydroxyl groups is 3. The zero-order valence-corrected chi connectivity index (χ0v) is 14.8. The number of hydrogen-bond donors (Lipinski definition) is 3. The van der Waals surface area contributed by atoms with Gasteiger partial charge in [0, 0.05) is 5.41 Å². The third-order valence-corrected chi connectivity index (χ3v) is 8.57. The Morgan fingerprint density at radius 3 is 2.57 bits per heavy atom. The normalized spacial score (nSPS) is 58.9. The molecule has 0 saturated heterocycles. The lowest BCUT2D eigenvalue weighted by Crippen LogP contribution is -2.59. The SMILES string of the molecule is CC12CCC(O)CC1=CCC1C2C(O)CC2(C)C1CCC2(C)O. The average molecular weight is 320 g/mol. The molecule has 0 bridgehead atoms. The first-order chi connectivity index (χ1) is 10.7. The largest absolute Gasteiger partial charge is 0.393 e. The highest BCUT2D eigenvalue weighted by atomic mass is 16.3. The lowest BCUT2D eigenvalue weighted by Gasteiger charge is -2.60. The molecule has 0 radical (unpaired) electrons. The number of hydrogen-bond acceptors (Lipinski definition) is 3. The zero-order chi connectivity index (χ0) is 16.6. The Balaban J connectivity index is 1.74. The zero-order valence-electron chi connectivity index (χ0n) is 14.8. The van der Waals surface area contributed by atoms with E-state index in [9.17, 15) is 15.3 Å². The van der Waals surface area contributed by atoms with Crippen molar-refractivity contribution in [2.75, 3.05) is 0 Å². The predicted octanol–water partition coefficient (Wildman–Crippen LogP) is 3.03. The van der Waals surface area contributed by atoms with Crippen molar-refractivity contribution in [3.05, 3.63) is 11.6 Å². The summed E-state index contributed by atoms with van der Waals surface area (Å²) in [5.41, 5.74) is 0.600. The van der Waals surface area contributed by atoms with Crippen LogP contribution < -0.4 is 0 Å². The van der Waals surface area contributed by atoms with Gasteiger partial charge in [-0.1, -0.05) is 25.5 Å². The van der Waals surface area contributed by atoms with Crippen LogP contribution in [-0.4, -0.2) is 33.1 Å². The van der Waals surface area contributed by atoms with Crippen molar-refractivity contribution in [1.82, 2.24) is 0 Å². The van der Waals surface area contributed by atoms with E-state index >= 15 is 0 Å². The first-order valence-corrected chi connectivity index (χ1v) is 9.47. The molecule has 8 atom stereocenters. The maximum atomic E-state index is 11.1. The summed E-state index contributed by atoms with van der Waals surface area (Å²) in [6.07, 6.45) is 8.11. The fourth-order valence-corrected chi connectivity index (χ4v) is 6.99. The van der Waals surface area contributed by atoms with Gasteiger partial charge >= 0.3 is 0 Å². The molecule has 0 aliphatic heterocycles. The molecule has 3 N–H and O–H groups in total. The molecule has 0 aromatic rings. The van der Waals surface area contributed by atoms with E-state index in [0.717, 1.165) is 44.9 Å². The molecule has 0 aromatic heterocycles. The van der Waals surface area contributed by atoms with Gasteiger partial charge in [-0.05, 0) is 75.0 Å². The van der Waals surface area contributed by atoms with Gasteiger partial charge in [0.2, 0.25) is 0 Å². The van der Waals surface area contributed by atoms with Gasteiger partial charge in [-0.25, -0.2) is 0 Å². The minimum Gasteiger partial charge on any atom is -0.393 e. The summed E-state index contributed by atoms with van der Waals surface area (Å²) >= 11 is 0. The summed E-state index contributed by atoms with van der Waals surface area (Å²) in [5.74, 6) is 1.27. The van der Waals surface area contributed by atoms with Gasteiger partial charge in [-0.3, -0.25) is 0 Å². The lowest BCUT2D eigenvalue weighted by molar-refractivity contribution is -0.162. The highest BCUT2D eigenvalue weighted by Crippen LogP contribution is 2.66. The molecule has 4 aliphatic rings. The van der Waals surface area contributed by atoms with Crippen molar-refractivity contribution in [2.45, 2.75) is 83.5 Å². The molecule has 130 valence electrons. The van der Waals surface area contributed by atoms with Crippen LogP contribution in [0.2, 0.25) is 0 Å². The number of aliphatic hydroxyl groups excluding tert-OH is 2. The van der Waals surface area contributed by atoms with Crippen LogP contribution >= 0.6 is 0 Å². The standard InChI is InChI=1S/C20H32O3/c1-18-8-6-13(21)10-12(18)4-5-14-15-7-9-20(3,23)19(15,2)11-16(22)17(14)18/h4,13-17,21-23H,5-11H2,1-3H3. The Bertz CT molecular complexity index is 539. The van der Waals surface area contributed by atoms with Crippen molar-refractivity contribution in [2.24, 2.45) is 28.6 Å². The van der Waals surface area contributed by atoms with Crippen LogP contribution in [0.15, 0.2) is 11.6 Å². The topological polar surface area (TPSA) is 60.7 Å². The monoisotopic (exact) mass is 320 g/mol. The van der Waals surface area contributed by atoms with E-state index in [2.05, 4.69) is 19.9 Å². The molecule has 8 unspecified atom stereocenters. The van der Waals surface area contributed by atoms with Gasteiger partial charge in [-0.2, -0.15) is 0 Å². The summed E-state index contributed by atoms with van der Waals surface area (Å²) < 4.78 is 0. The Morgan fingerprint density at radius 2 is 1.83 bits per heavy atom. The van der Waals surface area contributed by atoms with E-state index in [1.807, 2.05) is 6.92 Å².